The van der Waals surface area contributed by atoms with Crippen LogP contribution in [0.5, 0.6) is 5.75 Å². The van der Waals surface area contributed by atoms with Crippen molar-refractivity contribution in [2.45, 2.75) is 19.3 Å². The number of aryl methyl sites for hydroxylation is 1. The summed E-state index contributed by atoms with van der Waals surface area (Å²) < 4.78 is 5.23. The molecule has 0 spiro atoms. The van der Waals surface area contributed by atoms with Crippen LogP contribution in [-0.4, -0.2) is 13.0 Å². The summed E-state index contributed by atoms with van der Waals surface area (Å²) in [5.74, 6) is 0.896. The number of hydrogen-bond donors (Lipinski definition) is 1. The maximum absolute atomic E-state index is 12.3. The minimum Gasteiger partial charge on any atom is -0.496 e. The summed E-state index contributed by atoms with van der Waals surface area (Å²) in [6, 6.07) is 13.4. The first-order valence-corrected chi connectivity index (χ1v) is 7.24. The van der Waals surface area contributed by atoms with Crippen molar-refractivity contribution in [1.82, 2.24) is 5.32 Å². The molecule has 2 aromatic rings. The van der Waals surface area contributed by atoms with Crippen LogP contribution in [0.15, 0.2) is 42.5 Å². The van der Waals surface area contributed by atoms with E-state index < -0.39 is 0 Å². The summed E-state index contributed by atoms with van der Waals surface area (Å²) in [5.41, 5.74) is 3.63. The molecule has 1 amide bonds. The molecule has 0 unspecified atom stereocenters. The average molecular weight is 304 g/mol. The van der Waals surface area contributed by atoms with Gasteiger partial charge in [0.2, 0.25) is 0 Å². The maximum atomic E-state index is 12.3. The number of rotatable bonds is 5. The van der Waals surface area contributed by atoms with Crippen LogP contribution in [-0.2, 0) is 12.4 Å². The molecule has 0 saturated heterocycles. The number of benzene rings is 2. The Labute approximate surface area is 129 Å². The van der Waals surface area contributed by atoms with Crippen LogP contribution in [0.2, 0.25) is 0 Å². The normalized spacial score (nSPS) is 10.2. The third kappa shape index (κ3) is 3.99. The first-order valence-electron chi connectivity index (χ1n) is 6.70. The van der Waals surface area contributed by atoms with Crippen LogP contribution in [0.3, 0.4) is 0 Å². The molecule has 0 fully saturated rings. The molecule has 0 atom stereocenters. The molecule has 0 radical (unpaired) electrons. The number of carbonyl (C=O) groups is 1. The van der Waals surface area contributed by atoms with Crippen LogP contribution in [0.4, 0.5) is 0 Å². The molecule has 2 rings (SSSR count). The number of amides is 1. The number of halogens is 1. The highest BCUT2D eigenvalue weighted by atomic mass is 35.5. The van der Waals surface area contributed by atoms with Gasteiger partial charge in [-0.3, -0.25) is 4.79 Å². The minimum atomic E-state index is -0.146. The van der Waals surface area contributed by atoms with E-state index in [0.29, 0.717) is 23.7 Å². The summed E-state index contributed by atoms with van der Waals surface area (Å²) in [5, 5.41) is 2.91. The lowest BCUT2D eigenvalue weighted by Gasteiger charge is -2.10. The molecule has 3 nitrogen and oxygen atoms in total. The summed E-state index contributed by atoms with van der Waals surface area (Å²) in [6.07, 6.45) is 0. The van der Waals surface area contributed by atoms with Crippen molar-refractivity contribution in [2.75, 3.05) is 7.11 Å². The fraction of sp³-hybridized carbons (Fsp3) is 0.235. The van der Waals surface area contributed by atoms with Gasteiger partial charge in [0.25, 0.3) is 5.91 Å². The number of ether oxygens (including phenoxy) is 1. The largest absolute Gasteiger partial charge is 0.496 e. The molecule has 4 heteroatoms. The van der Waals surface area contributed by atoms with Gasteiger partial charge in [-0.2, -0.15) is 0 Å². The maximum Gasteiger partial charge on any atom is 0.255 e. The summed E-state index contributed by atoms with van der Waals surface area (Å²) in [6.45, 7) is 2.40. The van der Waals surface area contributed by atoms with E-state index in [2.05, 4.69) is 5.32 Å². The zero-order chi connectivity index (χ0) is 15.2. The zero-order valence-corrected chi connectivity index (χ0v) is 12.9. The first kappa shape index (κ1) is 15.4. The quantitative estimate of drug-likeness (QED) is 0.856. The molecule has 0 aromatic heterocycles. The van der Waals surface area contributed by atoms with Crippen LogP contribution in [0.1, 0.15) is 27.0 Å². The van der Waals surface area contributed by atoms with E-state index in [1.54, 1.807) is 13.2 Å². The van der Waals surface area contributed by atoms with Crippen LogP contribution < -0.4 is 10.1 Å². The van der Waals surface area contributed by atoms with E-state index in [0.717, 1.165) is 16.7 Å². The van der Waals surface area contributed by atoms with E-state index in [1.165, 1.54) is 0 Å². The standard InChI is InChI=1S/C17H18ClNO2/c1-12-6-7-16(21-2)15(8-12)17(20)19-11-14-5-3-4-13(9-14)10-18/h3-9H,10-11H2,1-2H3,(H,19,20). The summed E-state index contributed by atoms with van der Waals surface area (Å²) in [7, 11) is 1.56. The Balaban J connectivity index is 2.09. The molecule has 0 aliphatic carbocycles. The van der Waals surface area contributed by atoms with Gasteiger partial charge in [-0.15, -0.1) is 11.6 Å². The highest BCUT2D eigenvalue weighted by Gasteiger charge is 2.12. The van der Waals surface area contributed by atoms with Crippen molar-refractivity contribution in [2.24, 2.45) is 0 Å². The van der Waals surface area contributed by atoms with E-state index in [4.69, 9.17) is 16.3 Å². The van der Waals surface area contributed by atoms with E-state index in [-0.39, 0.29) is 5.91 Å². The SMILES string of the molecule is COc1ccc(C)cc1C(=O)NCc1cccc(CCl)c1. The Hall–Kier alpha value is -2.00. The van der Waals surface area contributed by atoms with Gasteiger partial charge in [0.1, 0.15) is 5.75 Å². The van der Waals surface area contributed by atoms with Gasteiger partial charge in [-0.25, -0.2) is 0 Å². The van der Waals surface area contributed by atoms with Crippen molar-refractivity contribution < 1.29 is 9.53 Å². The third-order valence-electron chi connectivity index (χ3n) is 3.20. The van der Waals surface area contributed by atoms with Crippen molar-refractivity contribution in [1.29, 1.82) is 0 Å². The van der Waals surface area contributed by atoms with Gasteiger partial charge in [-0.1, -0.05) is 35.9 Å². The molecule has 2 aromatic carbocycles. The van der Waals surface area contributed by atoms with Gasteiger partial charge in [0.15, 0.2) is 0 Å². The lowest BCUT2D eigenvalue weighted by Crippen LogP contribution is -2.23. The van der Waals surface area contributed by atoms with Gasteiger partial charge in [-0.05, 0) is 30.2 Å². The van der Waals surface area contributed by atoms with Gasteiger partial charge < -0.3 is 10.1 Å². The molecule has 0 aliphatic rings. The molecular formula is C17H18ClNO2. The molecule has 110 valence electrons. The predicted molar refractivity (Wildman–Crippen MR) is 84.9 cm³/mol. The Morgan fingerprint density at radius 1 is 1.19 bits per heavy atom. The fourth-order valence-electron chi connectivity index (χ4n) is 2.10. The molecule has 0 saturated carbocycles. The topological polar surface area (TPSA) is 38.3 Å². The second-order valence-electron chi connectivity index (χ2n) is 4.84. The lowest BCUT2D eigenvalue weighted by molar-refractivity contribution is 0.0948. The highest BCUT2D eigenvalue weighted by molar-refractivity contribution is 6.17. The van der Waals surface area contributed by atoms with Crippen LogP contribution in [0.25, 0.3) is 0 Å². The molecular weight excluding hydrogens is 286 g/mol. The number of carbonyl (C=O) groups excluding carboxylic acids is 1. The van der Waals surface area contributed by atoms with E-state index >= 15 is 0 Å². The summed E-state index contributed by atoms with van der Waals surface area (Å²) >= 11 is 5.81. The monoisotopic (exact) mass is 303 g/mol. The molecule has 0 bridgehead atoms. The third-order valence-corrected chi connectivity index (χ3v) is 3.51. The second-order valence-corrected chi connectivity index (χ2v) is 5.11. The van der Waals surface area contributed by atoms with Crippen molar-refractivity contribution in [3.05, 3.63) is 64.7 Å². The molecule has 21 heavy (non-hydrogen) atoms. The van der Waals surface area contributed by atoms with Crippen LogP contribution in [0, 0.1) is 6.92 Å². The van der Waals surface area contributed by atoms with E-state index in [1.807, 2.05) is 43.3 Å². The Kier molecular flexibility index (Phi) is 5.23. The number of hydrogen-bond acceptors (Lipinski definition) is 2. The average Bonchev–Trinajstić information content (AvgIpc) is 2.52. The number of alkyl halides is 1. The molecule has 0 heterocycles. The van der Waals surface area contributed by atoms with Crippen molar-refractivity contribution in [3.8, 4) is 5.75 Å². The smallest absolute Gasteiger partial charge is 0.255 e. The zero-order valence-electron chi connectivity index (χ0n) is 12.2. The highest BCUT2D eigenvalue weighted by Crippen LogP contribution is 2.19. The lowest BCUT2D eigenvalue weighted by atomic mass is 10.1. The van der Waals surface area contributed by atoms with Gasteiger partial charge >= 0.3 is 0 Å². The second kappa shape index (κ2) is 7.14. The summed E-state index contributed by atoms with van der Waals surface area (Å²) in [4.78, 5) is 12.3. The Morgan fingerprint density at radius 2 is 1.95 bits per heavy atom. The number of nitrogens with one attached hydrogen (secondary N) is 1. The van der Waals surface area contributed by atoms with Gasteiger partial charge in [0, 0.05) is 12.4 Å². The Bertz CT molecular complexity index is 640. The van der Waals surface area contributed by atoms with Crippen molar-refractivity contribution >= 4 is 17.5 Å². The number of methoxy groups -OCH3 is 1. The van der Waals surface area contributed by atoms with Crippen LogP contribution >= 0.6 is 11.6 Å². The minimum absolute atomic E-state index is 0.146. The van der Waals surface area contributed by atoms with E-state index in [9.17, 15) is 4.79 Å². The fourth-order valence-corrected chi connectivity index (χ4v) is 2.27. The Morgan fingerprint density at radius 3 is 2.67 bits per heavy atom. The first-order chi connectivity index (χ1) is 10.1. The van der Waals surface area contributed by atoms with Crippen molar-refractivity contribution in [3.63, 3.8) is 0 Å². The molecule has 0 aliphatic heterocycles. The molecule has 1 N–H and O–H groups in total. The predicted octanol–water partition coefficient (Wildman–Crippen LogP) is 3.67. The van der Waals surface area contributed by atoms with Gasteiger partial charge in [0.05, 0.1) is 12.7 Å².